The fraction of sp³-hybridized carbons (Fsp3) is 1.00. The highest BCUT2D eigenvalue weighted by Crippen LogP contribution is 2.23. The quantitative estimate of drug-likeness (QED) is 0.676. The van der Waals surface area contributed by atoms with Crippen LogP contribution in [-0.4, -0.2) is 36.9 Å². The van der Waals surface area contributed by atoms with Crippen molar-refractivity contribution in [2.24, 2.45) is 5.92 Å². The number of hydrogen-bond donors (Lipinski definition) is 3. The molecule has 0 amide bonds. The molecule has 1 heterocycles. The van der Waals surface area contributed by atoms with Crippen molar-refractivity contribution in [1.29, 1.82) is 0 Å². The van der Waals surface area contributed by atoms with Gasteiger partial charge >= 0.3 is 0 Å². The molecule has 3 heteroatoms. The van der Waals surface area contributed by atoms with Gasteiger partial charge in [0.1, 0.15) is 0 Å². The van der Waals surface area contributed by atoms with Crippen molar-refractivity contribution in [2.45, 2.75) is 57.1 Å². The van der Waals surface area contributed by atoms with Gasteiger partial charge in [0.15, 0.2) is 0 Å². The van der Waals surface area contributed by atoms with E-state index < -0.39 is 0 Å². The molecule has 1 atom stereocenters. The molecule has 0 aromatic carbocycles. The van der Waals surface area contributed by atoms with Crippen LogP contribution in [0, 0.1) is 5.92 Å². The van der Waals surface area contributed by atoms with Crippen LogP contribution in [0.3, 0.4) is 0 Å². The number of aliphatic hydroxyl groups is 1. The summed E-state index contributed by atoms with van der Waals surface area (Å²) < 4.78 is 0. The van der Waals surface area contributed by atoms with Gasteiger partial charge in [-0.25, -0.2) is 0 Å². The Kier molecular flexibility index (Phi) is 5.07. The Morgan fingerprint density at radius 2 is 1.81 bits per heavy atom. The van der Waals surface area contributed by atoms with Crippen LogP contribution in [0.1, 0.15) is 44.9 Å². The molecule has 1 saturated heterocycles. The van der Waals surface area contributed by atoms with Gasteiger partial charge in [-0.15, -0.1) is 0 Å². The Morgan fingerprint density at radius 1 is 1.00 bits per heavy atom. The third-order valence-electron chi connectivity index (χ3n) is 4.05. The van der Waals surface area contributed by atoms with Crippen LogP contribution in [0.4, 0.5) is 0 Å². The summed E-state index contributed by atoms with van der Waals surface area (Å²) in [4.78, 5) is 0. The van der Waals surface area contributed by atoms with Crippen molar-refractivity contribution in [3.8, 4) is 0 Å². The maximum atomic E-state index is 9.43. The summed E-state index contributed by atoms with van der Waals surface area (Å²) in [6, 6.07) is 0.697. The van der Waals surface area contributed by atoms with Gasteiger partial charge in [-0.3, -0.25) is 0 Å². The summed E-state index contributed by atoms with van der Waals surface area (Å²) >= 11 is 0. The zero-order valence-electron chi connectivity index (χ0n) is 10.3. The first-order valence-corrected chi connectivity index (χ1v) is 6.97. The summed E-state index contributed by atoms with van der Waals surface area (Å²) in [6.45, 7) is 3.46. The lowest BCUT2D eigenvalue weighted by Crippen LogP contribution is -2.43. The van der Waals surface area contributed by atoms with Crippen LogP contribution in [0.25, 0.3) is 0 Å². The fourth-order valence-corrected chi connectivity index (χ4v) is 2.91. The Balaban J connectivity index is 1.53. The number of piperidine rings is 1. The highest BCUT2D eigenvalue weighted by molar-refractivity contribution is 4.77. The Hall–Kier alpha value is -0.120. The largest absolute Gasteiger partial charge is 0.393 e. The monoisotopic (exact) mass is 226 g/mol. The smallest absolute Gasteiger partial charge is 0.0540 e. The summed E-state index contributed by atoms with van der Waals surface area (Å²) in [7, 11) is 0. The first-order chi connectivity index (χ1) is 7.84. The summed E-state index contributed by atoms with van der Waals surface area (Å²) in [5, 5.41) is 16.6. The van der Waals surface area contributed by atoms with E-state index in [9.17, 15) is 5.11 Å². The van der Waals surface area contributed by atoms with Crippen molar-refractivity contribution < 1.29 is 5.11 Å². The molecule has 3 N–H and O–H groups in total. The summed E-state index contributed by atoms with van der Waals surface area (Å²) in [5.41, 5.74) is 0. The highest BCUT2D eigenvalue weighted by atomic mass is 16.3. The molecule has 2 aliphatic rings. The minimum absolute atomic E-state index is 0.0174. The van der Waals surface area contributed by atoms with Crippen molar-refractivity contribution in [1.82, 2.24) is 10.6 Å². The Morgan fingerprint density at radius 3 is 2.50 bits per heavy atom. The van der Waals surface area contributed by atoms with E-state index >= 15 is 0 Å². The fourth-order valence-electron chi connectivity index (χ4n) is 2.91. The molecular weight excluding hydrogens is 200 g/mol. The topological polar surface area (TPSA) is 44.3 Å². The molecule has 1 aliphatic carbocycles. The molecule has 2 fully saturated rings. The zero-order valence-corrected chi connectivity index (χ0v) is 10.3. The molecule has 16 heavy (non-hydrogen) atoms. The highest BCUT2D eigenvalue weighted by Gasteiger charge is 2.19. The standard InChI is InChI=1S/C13H26N2O/c16-13-6-4-11(5-7-13)9-14-10-12-3-1-2-8-15-12/h11-16H,1-10H2/t11-,12?,13-. The van der Waals surface area contributed by atoms with Gasteiger partial charge in [0.2, 0.25) is 0 Å². The molecule has 1 unspecified atom stereocenters. The van der Waals surface area contributed by atoms with E-state index in [0.29, 0.717) is 6.04 Å². The number of nitrogens with one attached hydrogen (secondary N) is 2. The second kappa shape index (κ2) is 6.58. The third-order valence-corrected chi connectivity index (χ3v) is 4.05. The molecule has 0 bridgehead atoms. The van der Waals surface area contributed by atoms with Crippen molar-refractivity contribution >= 4 is 0 Å². The predicted molar refractivity (Wildman–Crippen MR) is 66.5 cm³/mol. The average Bonchev–Trinajstić information content (AvgIpc) is 2.33. The van der Waals surface area contributed by atoms with Crippen LogP contribution < -0.4 is 10.6 Å². The maximum Gasteiger partial charge on any atom is 0.0540 e. The molecule has 0 aromatic heterocycles. The lowest BCUT2D eigenvalue weighted by Gasteiger charge is -2.28. The Bertz CT molecular complexity index is 184. The molecule has 94 valence electrons. The second-order valence-corrected chi connectivity index (χ2v) is 5.48. The lowest BCUT2D eigenvalue weighted by molar-refractivity contribution is 0.108. The molecule has 2 rings (SSSR count). The third kappa shape index (κ3) is 4.04. The molecule has 1 saturated carbocycles. The average molecular weight is 226 g/mol. The van der Waals surface area contributed by atoms with Gasteiger partial charge in [-0.1, -0.05) is 6.42 Å². The van der Waals surface area contributed by atoms with Gasteiger partial charge in [-0.2, -0.15) is 0 Å². The van der Waals surface area contributed by atoms with Crippen LogP contribution >= 0.6 is 0 Å². The van der Waals surface area contributed by atoms with E-state index in [1.165, 1.54) is 38.6 Å². The minimum Gasteiger partial charge on any atom is -0.393 e. The van der Waals surface area contributed by atoms with Crippen LogP contribution in [0.15, 0.2) is 0 Å². The van der Waals surface area contributed by atoms with Crippen molar-refractivity contribution in [3.05, 3.63) is 0 Å². The predicted octanol–water partition coefficient (Wildman–Crippen LogP) is 1.27. The van der Waals surface area contributed by atoms with Crippen molar-refractivity contribution in [3.63, 3.8) is 0 Å². The molecule has 0 radical (unpaired) electrons. The maximum absolute atomic E-state index is 9.43. The van der Waals surface area contributed by atoms with Gasteiger partial charge in [0.25, 0.3) is 0 Å². The zero-order chi connectivity index (χ0) is 11.2. The van der Waals surface area contributed by atoms with E-state index in [2.05, 4.69) is 10.6 Å². The SMILES string of the molecule is O[C@H]1CC[C@H](CNCC2CCCCN2)CC1. The minimum atomic E-state index is -0.0174. The van der Waals surface area contributed by atoms with E-state index in [-0.39, 0.29) is 6.10 Å². The lowest BCUT2D eigenvalue weighted by atomic mass is 9.87. The number of hydrogen-bond acceptors (Lipinski definition) is 3. The normalized spacial score (nSPS) is 36.2. The van der Waals surface area contributed by atoms with Gasteiger partial charge in [0.05, 0.1) is 6.10 Å². The van der Waals surface area contributed by atoms with Gasteiger partial charge in [0, 0.05) is 12.6 Å². The number of rotatable bonds is 4. The van der Waals surface area contributed by atoms with Gasteiger partial charge < -0.3 is 15.7 Å². The van der Waals surface area contributed by atoms with E-state index in [4.69, 9.17) is 0 Å². The first kappa shape index (κ1) is 12.3. The van der Waals surface area contributed by atoms with Crippen LogP contribution in [0.5, 0.6) is 0 Å². The van der Waals surface area contributed by atoms with Crippen LogP contribution in [0.2, 0.25) is 0 Å². The van der Waals surface area contributed by atoms with Gasteiger partial charge in [-0.05, 0) is 57.5 Å². The molecule has 1 aliphatic heterocycles. The molecular formula is C13H26N2O. The van der Waals surface area contributed by atoms with E-state index in [1.54, 1.807) is 0 Å². The Labute approximate surface area is 99.0 Å². The molecule has 3 nitrogen and oxygen atoms in total. The molecule has 0 aromatic rings. The van der Waals surface area contributed by atoms with Crippen LogP contribution in [-0.2, 0) is 0 Å². The van der Waals surface area contributed by atoms with E-state index in [1.807, 2.05) is 0 Å². The summed E-state index contributed by atoms with van der Waals surface area (Å²) in [6.07, 6.45) is 8.46. The first-order valence-electron chi connectivity index (χ1n) is 6.97. The van der Waals surface area contributed by atoms with Crippen molar-refractivity contribution in [2.75, 3.05) is 19.6 Å². The second-order valence-electron chi connectivity index (χ2n) is 5.48. The molecule has 0 spiro atoms. The number of aliphatic hydroxyl groups excluding tert-OH is 1. The van der Waals surface area contributed by atoms with E-state index in [0.717, 1.165) is 31.8 Å². The summed E-state index contributed by atoms with van der Waals surface area (Å²) in [5.74, 6) is 0.798.